The second-order valence-corrected chi connectivity index (χ2v) is 26.1. The normalized spacial score (nSPS) is 26.8. The number of aliphatic hydroxyl groups is 2. The van der Waals surface area contributed by atoms with Gasteiger partial charge in [0.1, 0.15) is 0 Å². The Morgan fingerprint density at radius 3 is 0.978 bits per heavy atom. The van der Waals surface area contributed by atoms with Gasteiger partial charge in [-0.05, 0) is 93.8 Å². The molecule has 28 heteroatoms. The minimum atomic E-state index is -1.11. The monoisotopic (exact) mass is 1310 g/mol. The predicted octanol–water partition coefficient (Wildman–Crippen LogP) is 3.16. The lowest BCUT2D eigenvalue weighted by Crippen LogP contribution is -2.51. The van der Waals surface area contributed by atoms with Crippen molar-refractivity contribution in [1.29, 1.82) is 0 Å². The summed E-state index contributed by atoms with van der Waals surface area (Å²) in [4.78, 5) is 98.0. The number of carbonyl (C=O) groups excluding carboxylic acids is 4. The van der Waals surface area contributed by atoms with E-state index in [2.05, 4.69) is 89.7 Å². The van der Waals surface area contributed by atoms with Crippen molar-refractivity contribution in [3.05, 3.63) is 0 Å². The minimum Gasteiger partial charge on any atom is -0.481 e. The maximum absolute atomic E-state index is 11.8. The number of guanidine groups is 4. The zero-order valence-corrected chi connectivity index (χ0v) is 57.4. The van der Waals surface area contributed by atoms with Crippen LogP contribution in [0.4, 0.5) is 0 Å². The largest absolute Gasteiger partial charge is 0.481 e. The van der Waals surface area contributed by atoms with E-state index >= 15 is 0 Å². The van der Waals surface area contributed by atoms with Crippen LogP contribution in [0.3, 0.4) is 0 Å². The molecular weight excluding hydrogens is 1180 g/mol. The number of nitrogens with one attached hydrogen (secondary N) is 4. The van der Waals surface area contributed by atoms with Gasteiger partial charge in [-0.2, -0.15) is 0 Å². The van der Waals surface area contributed by atoms with Gasteiger partial charge in [-0.15, -0.1) is 0 Å². The van der Waals surface area contributed by atoms with Gasteiger partial charge in [-0.3, -0.25) is 33.6 Å². The van der Waals surface area contributed by atoms with Crippen molar-refractivity contribution in [3.63, 3.8) is 0 Å². The lowest BCUT2D eigenvalue weighted by Gasteiger charge is -2.36. The molecule has 4 rings (SSSR count). The third-order valence-corrected chi connectivity index (χ3v) is 19.1. The Morgan fingerprint density at radius 1 is 0.391 bits per heavy atom. The highest BCUT2D eigenvalue weighted by molar-refractivity contribution is 5.79. The number of aliphatic imine (C=N–C) groups is 4. The molecule has 530 valence electrons. The van der Waals surface area contributed by atoms with Crippen LogP contribution in [0.15, 0.2) is 20.0 Å². The predicted molar refractivity (Wildman–Crippen MR) is 360 cm³/mol. The highest BCUT2D eigenvalue weighted by Gasteiger charge is 2.53. The van der Waals surface area contributed by atoms with Gasteiger partial charge in [0.05, 0.1) is 54.1 Å². The fourth-order valence-electron chi connectivity index (χ4n) is 15.4. The molecule has 4 amide bonds. The Morgan fingerprint density at radius 2 is 0.674 bits per heavy atom. The number of carbonyl (C=O) groups is 7. The average molecular weight is 1310 g/mol. The molecule has 18 unspecified atom stereocenters. The van der Waals surface area contributed by atoms with Crippen molar-refractivity contribution in [2.45, 2.75) is 266 Å². The summed E-state index contributed by atoms with van der Waals surface area (Å²) >= 11 is 0. The van der Waals surface area contributed by atoms with Crippen LogP contribution >= 0.6 is 0 Å². The summed E-state index contributed by atoms with van der Waals surface area (Å²) < 4.78 is 0. The van der Waals surface area contributed by atoms with Crippen LogP contribution in [0, 0.1) is 71.0 Å². The zero-order chi connectivity index (χ0) is 70.4. The van der Waals surface area contributed by atoms with Gasteiger partial charge in [-0.1, -0.05) is 114 Å². The number of amides is 4. The number of aliphatic hydroxyl groups excluding tert-OH is 2. The van der Waals surface area contributed by atoms with Crippen molar-refractivity contribution in [3.8, 4) is 0 Å². The summed E-state index contributed by atoms with van der Waals surface area (Å²) in [5.74, 6) is -5.19. The molecule has 4 aliphatic rings. The first-order chi connectivity index (χ1) is 43.1. The zero-order valence-electron chi connectivity index (χ0n) is 57.4. The fraction of sp³-hybridized carbons (Fsp3) is 0.828. The van der Waals surface area contributed by atoms with E-state index < -0.39 is 71.8 Å². The summed E-state index contributed by atoms with van der Waals surface area (Å²) in [5.41, 5.74) is 44.1. The maximum Gasteiger partial charge on any atom is 0.309 e. The van der Waals surface area contributed by atoms with Gasteiger partial charge in [0, 0.05) is 75.5 Å². The van der Waals surface area contributed by atoms with Crippen LogP contribution in [0.2, 0.25) is 0 Å². The molecule has 4 fully saturated rings. The van der Waals surface area contributed by atoms with Crippen molar-refractivity contribution < 1.29 is 59.1 Å². The standard InChI is InChI=1S/C17H32N4O4.C17H32N4O3.C15H28N4O4.C15H30N4O/c1-4-6-10(7-5-2)14(20-9(3)22)13-12(21-17(18)19)8-11(15(13)23)16(24)25;1-4-6-11(7-5-2)15(20-10(3)22)13-8-12(16(23)24)9-14(13)21-17(18)19;1-4-8(5-2)12(18-7(3)20)11-10(19-15(16)17)6-9(13(11)21)14(22)23;1-5-11(6-2)14(18-10(4)20)12-7-9(3)8-13(12)19-15(16)17/h10-15,23H,4-8H2,1-3H3,(H,20,22)(H,24,25)(H4,18,19,21);11-15H,4-9H2,1-3H3,(H,20,22)(H,23,24)(H4,18,19,21);8-13,21H,4-6H2,1-3H3,(H,18,20)(H,22,23)(H4,16,17,19);9,11-14H,5-8H2,1-4H3,(H,18,20)(H4,16,17,19). The van der Waals surface area contributed by atoms with Crippen molar-refractivity contribution in [2.75, 3.05) is 0 Å². The van der Waals surface area contributed by atoms with Crippen LogP contribution in [0.25, 0.3) is 0 Å². The van der Waals surface area contributed by atoms with Crippen molar-refractivity contribution in [1.82, 2.24) is 21.3 Å². The molecule has 0 aromatic rings. The molecule has 0 saturated heterocycles. The molecule has 28 nitrogen and oxygen atoms in total. The maximum atomic E-state index is 11.8. The van der Waals surface area contributed by atoms with E-state index in [0.29, 0.717) is 36.5 Å². The molecule has 0 bridgehead atoms. The van der Waals surface area contributed by atoms with E-state index in [1.807, 2.05) is 13.8 Å². The second-order valence-electron chi connectivity index (χ2n) is 26.1. The SMILES string of the molecule is CCC(CC)C(NC(C)=O)C1C(N=C(N)N)CC(C(=O)O)C1O.CCC(CC)C(NC(C)=O)C1CC(C)CC1N=C(N)N.CCCC(CCC)C(NC(C)=O)C1C(N=C(N)N)CC(C(=O)O)C1O.CCCC(CCC)C(NC(C)=O)C1CC(C(=O)O)CC1N=C(N)N. The Balaban J connectivity index is 0.000000615. The number of nitrogens with two attached hydrogens (primary N) is 8. The van der Waals surface area contributed by atoms with E-state index in [1.165, 1.54) is 20.8 Å². The summed E-state index contributed by atoms with van der Waals surface area (Å²) in [6, 6.07) is -1.88. The first kappa shape index (κ1) is 83.3. The molecule has 18 atom stereocenters. The topological polar surface area (TPSA) is 526 Å². The van der Waals surface area contributed by atoms with E-state index in [0.717, 1.165) is 89.9 Å². The third-order valence-electron chi connectivity index (χ3n) is 19.1. The molecule has 4 aliphatic carbocycles. The number of carboxylic acids is 3. The van der Waals surface area contributed by atoms with E-state index in [1.54, 1.807) is 6.92 Å². The van der Waals surface area contributed by atoms with Crippen molar-refractivity contribution >= 4 is 65.4 Å². The molecule has 0 heterocycles. The van der Waals surface area contributed by atoms with Crippen LogP contribution < -0.4 is 67.1 Å². The van der Waals surface area contributed by atoms with Crippen molar-refractivity contribution in [2.24, 2.45) is 137 Å². The first-order valence-electron chi connectivity index (χ1n) is 33.6. The van der Waals surface area contributed by atoms with E-state index in [9.17, 15) is 59.1 Å². The number of nitrogens with zero attached hydrogens (tertiary/aromatic N) is 4. The van der Waals surface area contributed by atoms with Crippen LogP contribution in [-0.4, -0.2) is 151 Å². The second kappa shape index (κ2) is 41.8. The smallest absolute Gasteiger partial charge is 0.309 e. The first-order valence-corrected chi connectivity index (χ1v) is 33.6. The summed E-state index contributed by atoms with van der Waals surface area (Å²) in [6.07, 6.45) is 12.4. The molecule has 0 aliphatic heterocycles. The van der Waals surface area contributed by atoms with Gasteiger partial charge in [0.15, 0.2) is 23.8 Å². The Hall–Kier alpha value is -6.71. The lowest BCUT2D eigenvalue weighted by atomic mass is 9.79. The van der Waals surface area contributed by atoms with Crippen LogP contribution in [0.5, 0.6) is 0 Å². The summed E-state index contributed by atoms with van der Waals surface area (Å²) in [6.45, 7) is 24.9. The fourth-order valence-corrected chi connectivity index (χ4v) is 15.4. The van der Waals surface area contributed by atoms with E-state index in [-0.39, 0.29) is 114 Å². The van der Waals surface area contributed by atoms with Crippen LogP contribution in [0.1, 0.15) is 206 Å². The lowest BCUT2D eigenvalue weighted by molar-refractivity contribution is -0.146. The van der Waals surface area contributed by atoms with Crippen LogP contribution in [-0.2, 0) is 33.6 Å². The average Bonchev–Trinajstić information content (AvgIpc) is 1.70. The molecule has 0 aromatic carbocycles. The van der Waals surface area contributed by atoms with E-state index in [4.69, 9.17) is 45.9 Å². The third kappa shape index (κ3) is 26.7. The number of carboxylic acid groups (broad SMARTS) is 3. The molecule has 4 saturated carbocycles. The van der Waals surface area contributed by atoms with Gasteiger partial charge in [0.25, 0.3) is 0 Å². The molecular formula is C64H122N16O12. The summed E-state index contributed by atoms with van der Waals surface area (Å²) in [5, 5.41) is 61.4. The quantitative estimate of drug-likeness (QED) is 0.0350. The van der Waals surface area contributed by atoms with Gasteiger partial charge < -0.3 is 92.7 Å². The van der Waals surface area contributed by atoms with Gasteiger partial charge >= 0.3 is 17.9 Å². The molecule has 0 spiro atoms. The molecule has 0 aromatic heterocycles. The molecule has 25 N–H and O–H groups in total. The van der Waals surface area contributed by atoms with Gasteiger partial charge in [-0.25, -0.2) is 20.0 Å². The highest BCUT2D eigenvalue weighted by Crippen LogP contribution is 2.43. The summed E-state index contributed by atoms with van der Waals surface area (Å²) in [7, 11) is 0. The Kier molecular flexibility index (Phi) is 37.8. The molecule has 92 heavy (non-hydrogen) atoms. The Labute approximate surface area is 546 Å². The molecule has 0 radical (unpaired) electrons. The Bertz CT molecular complexity index is 2400. The minimum absolute atomic E-state index is 0.0276. The highest BCUT2D eigenvalue weighted by atomic mass is 16.4. The van der Waals surface area contributed by atoms with Gasteiger partial charge in [0.2, 0.25) is 23.6 Å². The number of aliphatic carboxylic acids is 3. The number of hydrogen-bond donors (Lipinski definition) is 17. The number of hydrogen-bond acceptors (Lipinski definition) is 13. The number of rotatable bonds is 31.